The molecule has 3 rings (SSSR count). The molecule has 2 aromatic rings. The van der Waals surface area contributed by atoms with Crippen molar-refractivity contribution in [2.75, 3.05) is 0 Å². The van der Waals surface area contributed by atoms with Crippen LogP contribution in [0.5, 0.6) is 11.5 Å². The Morgan fingerprint density at radius 3 is 1.38 bits per heavy atom. The summed E-state index contributed by atoms with van der Waals surface area (Å²) in [5.41, 5.74) is 3.46. The van der Waals surface area contributed by atoms with Crippen LogP contribution < -0.4 is 10.2 Å². The first-order chi connectivity index (χ1) is 16.7. The second kappa shape index (κ2) is 13.6. The molecule has 0 radical (unpaired) electrons. The molecule has 0 unspecified atom stereocenters. The van der Waals surface area contributed by atoms with Crippen LogP contribution in [0.15, 0.2) is 46.4 Å². The SMILES string of the molecule is CC(C)(C)c1ccc([O-])c(C=N[C@@H]2CCCC[C@H]2N=Cc2cc(C(C)(C)C)ccc2[O-])c1.O=[N+]([O-])[O-].[Co+3]. The normalized spacial score (nSPS) is 18.2. The average molecular weight is 554 g/mol. The van der Waals surface area contributed by atoms with Gasteiger partial charge in [0.2, 0.25) is 0 Å². The van der Waals surface area contributed by atoms with Gasteiger partial charge in [0.05, 0.1) is 17.2 Å². The van der Waals surface area contributed by atoms with Gasteiger partial charge in [0.1, 0.15) is 0 Å². The van der Waals surface area contributed by atoms with Gasteiger partial charge in [0.25, 0.3) is 0 Å². The van der Waals surface area contributed by atoms with Crippen LogP contribution in [0.2, 0.25) is 0 Å². The summed E-state index contributed by atoms with van der Waals surface area (Å²) in [6, 6.07) is 11.0. The summed E-state index contributed by atoms with van der Waals surface area (Å²) in [5.74, 6) is -0.0137. The van der Waals surface area contributed by atoms with Crippen molar-refractivity contribution in [3.8, 4) is 11.5 Å². The molecule has 0 spiro atoms. The van der Waals surface area contributed by atoms with Crippen molar-refractivity contribution in [1.82, 2.24) is 0 Å². The number of rotatable bonds is 4. The van der Waals surface area contributed by atoms with Gasteiger partial charge in [-0.2, -0.15) is 0 Å². The van der Waals surface area contributed by atoms with Crippen molar-refractivity contribution in [3.05, 3.63) is 74.0 Å². The number of benzene rings is 2. The van der Waals surface area contributed by atoms with E-state index in [1.165, 1.54) is 0 Å². The van der Waals surface area contributed by atoms with E-state index in [9.17, 15) is 10.2 Å². The van der Waals surface area contributed by atoms with Crippen LogP contribution >= 0.6 is 0 Å². The zero-order valence-electron chi connectivity index (χ0n) is 22.3. The Bertz CT molecular complexity index is 1020. The summed E-state index contributed by atoms with van der Waals surface area (Å²) >= 11 is 0. The molecule has 1 fully saturated rings. The molecule has 1 aliphatic carbocycles. The Balaban J connectivity index is 0.00000127. The smallest absolute Gasteiger partial charge is 0.872 e. The molecule has 0 aliphatic heterocycles. The van der Waals surface area contributed by atoms with Crippen LogP contribution in [-0.4, -0.2) is 29.6 Å². The Morgan fingerprint density at radius 1 is 0.757 bits per heavy atom. The Labute approximate surface area is 229 Å². The van der Waals surface area contributed by atoms with Gasteiger partial charge in [-0.25, -0.2) is 0 Å². The third-order valence-electron chi connectivity index (χ3n) is 6.26. The molecule has 9 heteroatoms. The van der Waals surface area contributed by atoms with Gasteiger partial charge in [-0.3, -0.25) is 9.98 Å². The van der Waals surface area contributed by atoms with Crippen molar-refractivity contribution in [2.45, 2.75) is 90.1 Å². The van der Waals surface area contributed by atoms with E-state index in [4.69, 9.17) is 25.3 Å². The number of hydrogen-bond donors (Lipinski definition) is 0. The van der Waals surface area contributed by atoms with Crippen LogP contribution in [0.4, 0.5) is 0 Å². The van der Waals surface area contributed by atoms with Crippen LogP contribution in [0.25, 0.3) is 0 Å². The maximum atomic E-state index is 12.4. The molecule has 0 saturated heterocycles. The standard InChI is InChI=1S/C28H38N2O2.Co.NO3/c1-27(2,3)21-11-13-25(31)19(15-21)17-29-23-9-7-8-10-24(23)30-18-20-16-22(28(4,5)6)12-14-26(20)32;;2-1(3)4/h11-18,23-24,31-32H,7-10H2,1-6H3;;/q;+3;-1/p-2/t23-,24-;;/m1../s1. The third kappa shape index (κ3) is 10.2. The molecule has 2 atom stereocenters. The molecule has 0 bridgehead atoms. The summed E-state index contributed by atoms with van der Waals surface area (Å²) in [7, 11) is 0. The Kier molecular flexibility index (Phi) is 11.8. The molecule has 0 N–H and O–H groups in total. The van der Waals surface area contributed by atoms with Gasteiger partial charge in [-0.15, -0.1) is 11.5 Å². The van der Waals surface area contributed by atoms with E-state index in [-0.39, 0.29) is 51.2 Å². The summed E-state index contributed by atoms with van der Waals surface area (Å²) in [4.78, 5) is 17.8. The summed E-state index contributed by atoms with van der Waals surface area (Å²) in [6.45, 7) is 12.8. The minimum absolute atomic E-state index is 0. The number of aliphatic imine (C=N–C) groups is 2. The van der Waals surface area contributed by atoms with Crippen molar-refractivity contribution < 1.29 is 32.1 Å². The quantitative estimate of drug-likeness (QED) is 0.297. The zero-order valence-corrected chi connectivity index (χ0v) is 23.4. The molecule has 1 aliphatic rings. The van der Waals surface area contributed by atoms with Crippen LogP contribution in [-0.2, 0) is 27.6 Å². The van der Waals surface area contributed by atoms with Crippen molar-refractivity contribution in [1.29, 1.82) is 0 Å². The molecule has 37 heavy (non-hydrogen) atoms. The molecule has 1 saturated carbocycles. The first kappa shape index (κ1) is 32.1. The number of hydrogen-bond acceptors (Lipinski definition) is 7. The minimum Gasteiger partial charge on any atom is -0.872 e. The maximum absolute atomic E-state index is 12.4. The molecule has 0 aromatic heterocycles. The third-order valence-corrected chi connectivity index (χ3v) is 6.26. The molecule has 0 amide bonds. The fourth-order valence-electron chi connectivity index (χ4n) is 4.02. The van der Waals surface area contributed by atoms with E-state index in [1.54, 1.807) is 24.6 Å². The molecular formula is C28H36CoN3O5. The average Bonchev–Trinajstić information content (AvgIpc) is 2.76. The monoisotopic (exact) mass is 553 g/mol. The van der Waals surface area contributed by atoms with E-state index in [1.807, 2.05) is 24.3 Å². The maximum Gasteiger partial charge on any atom is 3.00 e. The van der Waals surface area contributed by atoms with E-state index in [2.05, 4.69) is 41.5 Å². The summed E-state index contributed by atoms with van der Waals surface area (Å²) in [5, 5.41) is 39.5. The summed E-state index contributed by atoms with van der Waals surface area (Å²) in [6.07, 6.45) is 7.56. The second-order valence-electron chi connectivity index (χ2n) is 11.2. The molecule has 8 nitrogen and oxygen atoms in total. The number of nitrogens with zero attached hydrogens (tertiary/aromatic N) is 3. The van der Waals surface area contributed by atoms with Crippen LogP contribution in [0.1, 0.15) is 89.5 Å². The van der Waals surface area contributed by atoms with Gasteiger partial charge in [0, 0.05) is 12.4 Å². The van der Waals surface area contributed by atoms with Gasteiger partial charge in [0.15, 0.2) is 0 Å². The van der Waals surface area contributed by atoms with E-state index in [0.717, 1.165) is 36.8 Å². The van der Waals surface area contributed by atoms with E-state index >= 15 is 0 Å². The molecular weight excluding hydrogens is 517 g/mol. The predicted molar refractivity (Wildman–Crippen MR) is 141 cm³/mol. The van der Waals surface area contributed by atoms with Gasteiger partial charge < -0.3 is 25.5 Å². The topological polar surface area (TPSA) is 137 Å². The molecule has 0 heterocycles. The van der Waals surface area contributed by atoms with E-state index < -0.39 is 5.09 Å². The van der Waals surface area contributed by atoms with Gasteiger partial charge >= 0.3 is 16.8 Å². The largest absolute Gasteiger partial charge is 3.00 e. The van der Waals surface area contributed by atoms with Crippen LogP contribution in [0, 0.1) is 15.3 Å². The fraction of sp³-hybridized carbons (Fsp3) is 0.500. The minimum atomic E-state index is -1.75. The molecule has 202 valence electrons. The molecule has 2 aromatic carbocycles. The fourth-order valence-corrected chi connectivity index (χ4v) is 4.02. The summed E-state index contributed by atoms with van der Waals surface area (Å²) < 4.78 is 0. The predicted octanol–water partition coefficient (Wildman–Crippen LogP) is 5.04. The second-order valence-corrected chi connectivity index (χ2v) is 11.2. The van der Waals surface area contributed by atoms with Crippen molar-refractivity contribution in [3.63, 3.8) is 0 Å². The van der Waals surface area contributed by atoms with Gasteiger partial charge in [-0.05, 0) is 45.9 Å². The first-order valence-corrected chi connectivity index (χ1v) is 12.2. The van der Waals surface area contributed by atoms with Gasteiger partial charge in [-0.1, -0.05) is 90.8 Å². The van der Waals surface area contributed by atoms with Crippen molar-refractivity contribution in [2.24, 2.45) is 9.98 Å². The first-order valence-electron chi connectivity index (χ1n) is 12.2. The van der Waals surface area contributed by atoms with E-state index in [0.29, 0.717) is 11.1 Å². The zero-order chi connectivity index (χ0) is 27.1. The van der Waals surface area contributed by atoms with Crippen molar-refractivity contribution >= 4 is 12.4 Å². The Morgan fingerprint density at radius 2 is 1.08 bits per heavy atom. The van der Waals surface area contributed by atoms with Crippen LogP contribution in [0.3, 0.4) is 0 Å². The Hall–Kier alpha value is -2.91.